The fourth-order valence-corrected chi connectivity index (χ4v) is 1.19. The summed E-state index contributed by atoms with van der Waals surface area (Å²) in [7, 11) is 0. The number of carbonyl (C=O) groups excluding carboxylic acids is 1. The van der Waals surface area contributed by atoms with Crippen molar-refractivity contribution in [1.29, 1.82) is 0 Å². The average Bonchev–Trinajstić information content (AvgIpc) is 3.06. The van der Waals surface area contributed by atoms with E-state index in [1.165, 1.54) is 0 Å². The third-order valence-electron chi connectivity index (χ3n) is 1.99. The van der Waals surface area contributed by atoms with Crippen LogP contribution in [0.2, 0.25) is 0 Å². The molecule has 2 rings (SSSR count). The second-order valence-corrected chi connectivity index (χ2v) is 3.33. The molecular weight excluding hydrogens is 286 g/mol. The second-order valence-electron chi connectivity index (χ2n) is 3.33. The molecule has 4 nitrogen and oxygen atoms in total. The number of ether oxygens (including phenoxy) is 1. The molecule has 0 saturated carbocycles. The number of carbonyl (C=O) groups is 1. The molecule has 1 aromatic carbocycles. The van der Waals surface area contributed by atoms with Gasteiger partial charge in [0.1, 0.15) is 0 Å². The van der Waals surface area contributed by atoms with Gasteiger partial charge in [0, 0.05) is 22.6 Å². The normalized spacial score (nSPS) is 11.1. The van der Waals surface area contributed by atoms with Gasteiger partial charge in [0.25, 0.3) is 0 Å². The van der Waals surface area contributed by atoms with Crippen molar-refractivity contribution in [2.75, 3.05) is 6.61 Å². The maximum atomic E-state index is 10.8. The van der Waals surface area contributed by atoms with Gasteiger partial charge in [0.2, 0.25) is 5.88 Å². The van der Waals surface area contributed by atoms with Gasteiger partial charge >= 0.3 is 6.09 Å². The molecule has 0 aromatic heterocycles. The summed E-state index contributed by atoms with van der Waals surface area (Å²) in [6, 6.07) is 10.0. The molecule has 0 fully saturated rings. The van der Waals surface area contributed by atoms with Crippen molar-refractivity contribution in [3.05, 3.63) is 66.1 Å². The van der Waals surface area contributed by atoms with E-state index in [-0.39, 0.29) is 29.6 Å². The standard InChI is InChI=1S/C9H11NO3.C5H5.Fe/c1-2-13-9(12)10-8(11)7-5-3-4-6-7;1-2-4-5-3-1;/h3-6,11H,2H2,1H3,(H,10,12);1-5H;/q;-1;. The Balaban J connectivity index is 0.000000454. The zero-order chi connectivity index (χ0) is 13.2. The van der Waals surface area contributed by atoms with Gasteiger partial charge in [-0.3, -0.25) is 5.32 Å². The Morgan fingerprint density at radius 2 is 1.89 bits per heavy atom. The van der Waals surface area contributed by atoms with Crippen LogP contribution < -0.4 is 5.32 Å². The molecule has 1 aliphatic carbocycles. The first-order valence-electron chi connectivity index (χ1n) is 5.62. The molecular formula is C14H16FeNO3-. The minimum atomic E-state index is -0.652. The minimum absolute atomic E-state index is 0. The van der Waals surface area contributed by atoms with Gasteiger partial charge in [-0.25, -0.2) is 16.9 Å². The Labute approximate surface area is 123 Å². The summed E-state index contributed by atoms with van der Waals surface area (Å²) >= 11 is 0. The number of nitrogens with one attached hydrogen (secondary N) is 1. The van der Waals surface area contributed by atoms with Crippen LogP contribution in [0.25, 0.3) is 0 Å². The molecule has 0 radical (unpaired) electrons. The van der Waals surface area contributed by atoms with Crippen molar-refractivity contribution in [3.8, 4) is 0 Å². The third-order valence-corrected chi connectivity index (χ3v) is 1.99. The van der Waals surface area contributed by atoms with Gasteiger partial charge < -0.3 is 9.84 Å². The Hall–Kier alpha value is -1.84. The minimum Gasteiger partial charge on any atom is -0.494 e. The predicted molar refractivity (Wildman–Crippen MR) is 70.1 cm³/mol. The number of aliphatic hydroxyl groups is 1. The molecule has 1 aromatic rings. The van der Waals surface area contributed by atoms with Gasteiger partial charge in [-0.2, -0.15) is 18.2 Å². The smallest absolute Gasteiger partial charge is 0.413 e. The molecule has 0 unspecified atom stereocenters. The topological polar surface area (TPSA) is 58.6 Å². The summed E-state index contributed by atoms with van der Waals surface area (Å²) in [5.74, 6) is -0.191. The fourth-order valence-electron chi connectivity index (χ4n) is 1.19. The third kappa shape index (κ3) is 7.24. The van der Waals surface area contributed by atoms with Gasteiger partial charge in [-0.05, 0) is 19.1 Å². The van der Waals surface area contributed by atoms with Gasteiger partial charge in [0.15, 0.2) is 0 Å². The Kier molecular flexibility index (Phi) is 9.14. The Morgan fingerprint density at radius 3 is 2.32 bits per heavy atom. The molecule has 19 heavy (non-hydrogen) atoms. The predicted octanol–water partition coefficient (Wildman–Crippen LogP) is 3.03. The monoisotopic (exact) mass is 302 g/mol. The number of hydrogen-bond donors (Lipinski definition) is 2. The zero-order valence-electron chi connectivity index (χ0n) is 10.5. The molecule has 0 spiro atoms. The van der Waals surface area contributed by atoms with Crippen LogP contribution in [-0.4, -0.2) is 17.8 Å². The molecule has 5 heteroatoms. The molecule has 0 heterocycles. The summed E-state index contributed by atoms with van der Waals surface area (Å²) in [5.41, 5.74) is 0.563. The maximum Gasteiger partial charge on any atom is 0.413 e. The van der Waals surface area contributed by atoms with Crippen LogP contribution in [-0.2, 0) is 21.8 Å². The summed E-state index contributed by atoms with van der Waals surface area (Å²) in [4.78, 5) is 10.8. The Bertz CT molecular complexity index is 416. The molecule has 0 atom stereocenters. The molecule has 104 valence electrons. The first-order chi connectivity index (χ1) is 8.74. The van der Waals surface area contributed by atoms with Crippen LogP contribution >= 0.6 is 0 Å². The van der Waals surface area contributed by atoms with Crippen LogP contribution in [0.3, 0.4) is 0 Å². The summed E-state index contributed by atoms with van der Waals surface area (Å²) < 4.78 is 4.58. The fraction of sp³-hybridized carbons (Fsp3) is 0.143. The number of allylic oxidation sites excluding steroid dienone is 5. The number of aliphatic hydroxyl groups excluding tert-OH is 1. The molecule has 1 amide bonds. The van der Waals surface area contributed by atoms with E-state index < -0.39 is 6.09 Å². The van der Waals surface area contributed by atoms with Crippen molar-refractivity contribution in [2.45, 2.75) is 6.92 Å². The molecule has 0 aliphatic heterocycles. The SMILES string of the molecule is CCOC(=O)NC(O)=C1C=CC=C1.[Fe].c1cc[cH-]c1. The number of alkyl carbamates (subject to hydrolysis) is 1. The summed E-state index contributed by atoms with van der Waals surface area (Å²) in [6.45, 7) is 1.97. The molecule has 0 bridgehead atoms. The van der Waals surface area contributed by atoms with E-state index in [0.717, 1.165) is 0 Å². The summed E-state index contributed by atoms with van der Waals surface area (Å²) in [5, 5.41) is 11.5. The van der Waals surface area contributed by atoms with Gasteiger partial charge in [0.05, 0.1) is 6.61 Å². The number of amides is 1. The molecule has 2 N–H and O–H groups in total. The van der Waals surface area contributed by atoms with Crippen LogP contribution in [0.4, 0.5) is 4.79 Å². The maximum absolute atomic E-state index is 10.8. The van der Waals surface area contributed by atoms with E-state index in [1.54, 1.807) is 31.2 Å². The molecule has 1 aliphatic rings. The van der Waals surface area contributed by atoms with Crippen molar-refractivity contribution in [1.82, 2.24) is 5.32 Å². The van der Waals surface area contributed by atoms with E-state index in [1.807, 2.05) is 30.3 Å². The second kappa shape index (κ2) is 10.1. The van der Waals surface area contributed by atoms with Crippen LogP contribution in [0, 0.1) is 0 Å². The number of rotatable bonds is 2. The number of hydrogen-bond acceptors (Lipinski definition) is 3. The van der Waals surface area contributed by atoms with Crippen molar-refractivity contribution < 1.29 is 31.7 Å². The van der Waals surface area contributed by atoms with E-state index >= 15 is 0 Å². The van der Waals surface area contributed by atoms with Gasteiger partial charge in [-0.15, -0.1) is 0 Å². The van der Waals surface area contributed by atoms with E-state index in [0.29, 0.717) is 5.57 Å². The largest absolute Gasteiger partial charge is 0.494 e. The average molecular weight is 302 g/mol. The van der Waals surface area contributed by atoms with Crippen LogP contribution in [0.15, 0.2) is 66.1 Å². The first-order valence-corrected chi connectivity index (χ1v) is 5.62. The van der Waals surface area contributed by atoms with Crippen molar-refractivity contribution in [3.63, 3.8) is 0 Å². The summed E-state index contributed by atoms with van der Waals surface area (Å²) in [6.07, 6.45) is 6.24. The van der Waals surface area contributed by atoms with E-state index in [4.69, 9.17) is 0 Å². The quantitative estimate of drug-likeness (QED) is 0.501. The van der Waals surface area contributed by atoms with E-state index in [2.05, 4.69) is 10.1 Å². The van der Waals surface area contributed by atoms with Crippen molar-refractivity contribution >= 4 is 6.09 Å². The first kappa shape index (κ1) is 17.2. The van der Waals surface area contributed by atoms with E-state index in [9.17, 15) is 9.90 Å². The van der Waals surface area contributed by atoms with Crippen molar-refractivity contribution in [2.24, 2.45) is 0 Å². The molecule has 0 saturated heterocycles. The Morgan fingerprint density at radius 1 is 1.32 bits per heavy atom. The van der Waals surface area contributed by atoms with Crippen LogP contribution in [0.5, 0.6) is 0 Å². The van der Waals surface area contributed by atoms with Gasteiger partial charge in [-0.1, -0.05) is 12.2 Å². The zero-order valence-corrected chi connectivity index (χ0v) is 11.6. The van der Waals surface area contributed by atoms with Crippen LogP contribution in [0.1, 0.15) is 6.92 Å².